The van der Waals surface area contributed by atoms with Gasteiger partial charge in [-0.05, 0) is 24.8 Å². The zero-order chi connectivity index (χ0) is 16.6. The molecule has 1 aromatic carbocycles. The topological polar surface area (TPSA) is 69.1 Å². The first-order valence-corrected chi connectivity index (χ1v) is 8.25. The highest BCUT2D eigenvalue weighted by Gasteiger charge is 2.15. The minimum absolute atomic E-state index is 0.0733. The Morgan fingerprint density at radius 3 is 2.62 bits per heavy atom. The van der Waals surface area contributed by atoms with Crippen molar-refractivity contribution in [1.29, 1.82) is 0 Å². The van der Waals surface area contributed by atoms with Crippen LogP contribution in [0.3, 0.4) is 0 Å². The van der Waals surface area contributed by atoms with E-state index in [9.17, 15) is 4.79 Å². The molecule has 24 heavy (non-hydrogen) atoms. The Labute approximate surface area is 140 Å². The summed E-state index contributed by atoms with van der Waals surface area (Å²) in [6.45, 7) is 0. The minimum Gasteiger partial charge on any atom is -0.443 e. The second-order valence-corrected chi connectivity index (χ2v) is 5.70. The molecule has 0 fully saturated rings. The van der Waals surface area contributed by atoms with E-state index in [0.717, 1.165) is 32.1 Å². The predicted molar refractivity (Wildman–Crippen MR) is 89.6 cm³/mol. The Hall–Kier alpha value is -2.69. The van der Waals surface area contributed by atoms with Crippen LogP contribution in [0.2, 0.25) is 0 Å². The quantitative estimate of drug-likeness (QED) is 0.421. The van der Waals surface area contributed by atoms with Crippen molar-refractivity contribution in [3.8, 4) is 11.6 Å². The van der Waals surface area contributed by atoms with Gasteiger partial charge < -0.3 is 8.83 Å². The summed E-state index contributed by atoms with van der Waals surface area (Å²) in [5.41, 5.74) is 1.82. The number of aryl methyl sites for hydroxylation is 1. The number of hydrogen-bond acceptors (Lipinski definition) is 5. The van der Waals surface area contributed by atoms with Crippen molar-refractivity contribution in [2.75, 3.05) is 0 Å². The lowest BCUT2D eigenvalue weighted by Crippen LogP contribution is -1.99. The highest BCUT2D eigenvalue weighted by atomic mass is 16.4. The van der Waals surface area contributed by atoms with E-state index < -0.39 is 0 Å². The molecule has 0 N–H and O–H groups in total. The molecule has 0 unspecified atom stereocenters. The highest BCUT2D eigenvalue weighted by molar-refractivity contribution is 5.92. The van der Waals surface area contributed by atoms with Crippen LogP contribution in [-0.4, -0.2) is 15.8 Å². The lowest BCUT2D eigenvalue weighted by atomic mass is 10.0. The predicted octanol–water partition coefficient (Wildman–Crippen LogP) is 4.71. The van der Waals surface area contributed by atoms with Gasteiger partial charge in [0.1, 0.15) is 12.5 Å². The molecule has 0 bridgehead atoms. The van der Waals surface area contributed by atoms with E-state index >= 15 is 0 Å². The number of carbonyl (C=O) groups excluding carboxylic acids is 1. The number of carbonyl (C=O) groups is 1. The number of aromatic nitrogens is 2. The number of hydrogen-bond donors (Lipinski definition) is 0. The first-order valence-electron chi connectivity index (χ1n) is 8.25. The minimum atomic E-state index is -0.0733. The Morgan fingerprint density at radius 1 is 1.00 bits per heavy atom. The van der Waals surface area contributed by atoms with Gasteiger partial charge in [-0.15, -0.1) is 0 Å². The number of benzene rings is 1. The van der Waals surface area contributed by atoms with Gasteiger partial charge in [-0.3, -0.25) is 4.79 Å². The number of nitrogens with zero attached hydrogens (tertiary/aromatic N) is 2. The molecule has 0 amide bonds. The Bertz CT molecular complexity index is 748. The molecule has 5 nitrogen and oxygen atoms in total. The van der Waals surface area contributed by atoms with Gasteiger partial charge in [0.15, 0.2) is 5.69 Å². The highest BCUT2D eigenvalue weighted by Crippen LogP contribution is 2.17. The van der Waals surface area contributed by atoms with Gasteiger partial charge in [0.2, 0.25) is 11.7 Å². The second-order valence-electron chi connectivity index (χ2n) is 5.70. The lowest BCUT2D eigenvalue weighted by Gasteiger charge is -2.01. The Balaban J connectivity index is 1.35. The zero-order valence-corrected chi connectivity index (χ0v) is 13.5. The van der Waals surface area contributed by atoms with Gasteiger partial charge in [-0.1, -0.05) is 43.2 Å². The molecule has 5 heteroatoms. The molecular weight excluding hydrogens is 304 g/mol. The summed E-state index contributed by atoms with van der Waals surface area (Å²) in [6, 6.07) is 10.5. The van der Waals surface area contributed by atoms with Crippen LogP contribution in [-0.2, 0) is 6.42 Å². The fourth-order valence-corrected chi connectivity index (χ4v) is 2.57. The van der Waals surface area contributed by atoms with Crippen molar-refractivity contribution in [2.45, 2.75) is 38.5 Å². The summed E-state index contributed by atoms with van der Waals surface area (Å²) in [5.74, 6) is 0.419. The molecule has 0 saturated heterocycles. The summed E-state index contributed by atoms with van der Waals surface area (Å²) in [5, 5.41) is 0. The van der Waals surface area contributed by atoms with Gasteiger partial charge in [-0.25, -0.2) is 9.97 Å². The first-order chi connectivity index (χ1) is 11.8. The van der Waals surface area contributed by atoms with Crippen molar-refractivity contribution >= 4 is 5.78 Å². The molecule has 124 valence electrons. The maximum atomic E-state index is 12.1. The number of oxazole rings is 2. The van der Waals surface area contributed by atoms with Crippen molar-refractivity contribution in [2.24, 2.45) is 0 Å². The molecule has 0 radical (unpaired) electrons. The van der Waals surface area contributed by atoms with Crippen LogP contribution >= 0.6 is 0 Å². The molecule has 0 saturated carbocycles. The molecule has 2 aromatic heterocycles. The van der Waals surface area contributed by atoms with E-state index in [2.05, 4.69) is 34.2 Å². The van der Waals surface area contributed by atoms with E-state index in [4.69, 9.17) is 8.83 Å². The molecule has 0 aliphatic carbocycles. The lowest BCUT2D eigenvalue weighted by molar-refractivity contribution is 0.0945. The second kappa shape index (κ2) is 8.24. The van der Waals surface area contributed by atoms with Crippen molar-refractivity contribution in [3.63, 3.8) is 0 Å². The van der Waals surface area contributed by atoms with Gasteiger partial charge in [0.05, 0.1) is 6.20 Å². The van der Waals surface area contributed by atoms with E-state index in [1.54, 1.807) is 0 Å². The first kappa shape index (κ1) is 16.2. The summed E-state index contributed by atoms with van der Waals surface area (Å²) in [4.78, 5) is 20.2. The van der Waals surface area contributed by atoms with E-state index in [1.807, 2.05) is 6.07 Å². The van der Waals surface area contributed by atoms with Crippen LogP contribution in [0.15, 0.2) is 57.9 Å². The zero-order valence-electron chi connectivity index (χ0n) is 13.5. The van der Waals surface area contributed by atoms with Crippen LogP contribution in [0.4, 0.5) is 0 Å². The third-order valence-corrected chi connectivity index (χ3v) is 3.86. The van der Waals surface area contributed by atoms with Crippen LogP contribution in [0.5, 0.6) is 0 Å². The summed E-state index contributed by atoms with van der Waals surface area (Å²) in [7, 11) is 0. The monoisotopic (exact) mass is 324 g/mol. The average Bonchev–Trinajstić information content (AvgIpc) is 3.29. The summed E-state index contributed by atoms with van der Waals surface area (Å²) in [6.07, 6.45) is 10.1. The molecule has 0 aliphatic rings. The maximum absolute atomic E-state index is 12.1. The Kier molecular flexibility index (Phi) is 5.56. The fraction of sp³-hybridized carbons (Fsp3) is 0.316. The van der Waals surface area contributed by atoms with E-state index in [-0.39, 0.29) is 11.7 Å². The van der Waals surface area contributed by atoms with Crippen LogP contribution in [0.25, 0.3) is 11.6 Å². The summed E-state index contributed by atoms with van der Waals surface area (Å²) >= 11 is 0. The smallest absolute Gasteiger partial charge is 0.263 e. The molecule has 0 spiro atoms. The van der Waals surface area contributed by atoms with Crippen LogP contribution < -0.4 is 0 Å². The Morgan fingerprint density at radius 2 is 1.83 bits per heavy atom. The van der Waals surface area contributed by atoms with Crippen molar-refractivity contribution in [3.05, 3.63) is 60.5 Å². The molecule has 2 heterocycles. The van der Waals surface area contributed by atoms with Crippen LogP contribution in [0, 0.1) is 0 Å². The number of unbranched alkanes of at least 4 members (excludes halogenated alkanes) is 3. The van der Waals surface area contributed by atoms with E-state index in [1.165, 1.54) is 24.3 Å². The SMILES string of the molecule is O=C(CCCCCCc1ccccc1)c1nc(-c2ncco2)co1. The molecule has 0 atom stereocenters. The van der Waals surface area contributed by atoms with E-state index in [0.29, 0.717) is 18.0 Å². The maximum Gasteiger partial charge on any atom is 0.263 e. The fourth-order valence-electron chi connectivity index (χ4n) is 2.57. The normalized spacial score (nSPS) is 10.8. The van der Waals surface area contributed by atoms with Gasteiger partial charge >= 0.3 is 0 Å². The molecule has 3 aromatic rings. The van der Waals surface area contributed by atoms with Crippen molar-refractivity contribution in [1.82, 2.24) is 9.97 Å². The molecule has 3 rings (SSSR count). The summed E-state index contributed by atoms with van der Waals surface area (Å²) < 4.78 is 10.4. The largest absolute Gasteiger partial charge is 0.443 e. The third-order valence-electron chi connectivity index (χ3n) is 3.86. The number of ketones is 1. The number of rotatable bonds is 9. The van der Waals surface area contributed by atoms with Crippen molar-refractivity contribution < 1.29 is 13.6 Å². The van der Waals surface area contributed by atoms with Crippen LogP contribution in [0.1, 0.15) is 48.4 Å². The molecular formula is C19H20N2O3. The standard InChI is InChI=1S/C19H20N2O3/c22-17(19-21-16(14-24-19)18-20-12-13-23-18)11-7-2-1-4-8-15-9-5-3-6-10-15/h3,5-6,9-10,12-14H,1-2,4,7-8,11H2. The van der Waals surface area contributed by atoms with Gasteiger partial charge in [-0.2, -0.15) is 0 Å². The average molecular weight is 324 g/mol. The van der Waals surface area contributed by atoms with Gasteiger partial charge in [0, 0.05) is 6.42 Å². The number of Topliss-reactive ketones (excluding diaryl/α,β-unsaturated/α-hetero) is 1. The third kappa shape index (κ3) is 4.41. The van der Waals surface area contributed by atoms with Gasteiger partial charge in [0.25, 0.3) is 5.89 Å². The molecule has 0 aliphatic heterocycles.